The van der Waals surface area contributed by atoms with E-state index in [0.717, 1.165) is 13.1 Å². The maximum atomic E-state index is 5.52. The van der Waals surface area contributed by atoms with Gasteiger partial charge in [-0.2, -0.15) is 5.06 Å². The van der Waals surface area contributed by atoms with Gasteiger partial charge in [0.15, 0.2) is 0 Å². The monoisotopic (exact) mass is 143 g/mol. The predicted octanol–water partition coefficient (Wildman–Crippen LogP) is 1.81. The fraction of sp³-hybridized carbons (Fsp3) is 1.00. The first kappa shape index (κ1) is 8.02. The van der Waals surface area contributed by atoms with Crippen LogP contribution in [0.5, 0.6) is 0 Å². The molecule has 0 aliphatic carbocycles. The van der Waals surface area contributed by atoms with Crippen molar-refractivity contribution in [3.05, 3.63) is 0 Å². The third-order valence-corrected chi connectivity index (χ3v) is 1.67. The third kappa shape index (κ3) is 2.67. The number of nitrogens with zero attached hydrogens (tertiary/aromatic N) is 1. The van der Waals surface area contributed by atoms with Crippen molar-refractivity contribution >= 4 is 0 Å². The number of hydrogen-bond acceptors (Lipinski definition) is 2. The lowest BCUT2D eigenvalue weighted by molar-refractivity contribution is -0.195. The van der Waals surface area contributed by atoms with Gasteiger partial charge in [0.25, 0.3) is 0 Å². The number of hydroxylamine groups is 2. The Kier molecular flexibility index (Phi) is 3.16. The van der Waals surface area contributed by atoms with E-state index in [-0.39, 0.29) is 0 Å². The van der Waals surface area contributed by atoms with Crippen LogP contribution in [-0.4, -0.2) is 24.3 Å². The molecule has 1 fully saturated rings. The molecule has 1 saturated heterocycles. The van der Waals surface area contributed by atoms with Crippen molar-refractivity contribution in [3.8, 4) is 0 Å². The Hall–Kier alpha value is -0.0800. The number of rotatable bonds is 2. The molecule has 1 aliphatic heterocycles. The Bertz CT molecular complexity index is 87.3. The van der Waals surface area contributed by atoms with Gasteiger partial charge in [-0.05, 0) is 26.7 Å². The van der Waals surface area contributed by atoms with Gasteiger partial charge in [-0.15, -0.1) is 0 Å². The molecule has 1 heterocycles. The van der Waals surface area contributed by atoms with Crippen LogP contribution in [0.4, 0.5) is 0 Å². The zero-order valence-electron chi connectivity index (χ0n) is 6.97. The molecule has 0 aromatic carbocycles. The second-order valence-electron chi connectivity index (χ2n) is 3.14. The van der Waals surface area contributed by atoms with Crippen molar-refractivity contribution in [2.24, 2.45) is 0 Å². The number of hydrogen-bond donors (Lipinski definition) is 0. The standard InChI is InChI=1S/C8H17NO/c1-8(2)10-9-6-4-3-5-7-9/h8H,3-7H2,1-2H3. The van der Waals surface area contributed by atoms with Crippen LogP contribution in [0, 0.1) is 0 Å². The molecule has 0 N–H and O–H groups in total. The summed E-state index contributed by atoms with van der Waals surface area (Å²) in [6.07, 6.45) is 4.32. The summed E-state index contributed by atoms with van der Waals surface area (Å²) in [5.41, 5.74) is 0. The topological polar surface area (TPSA) is 12.5 Å². The summed E-state index contributed by atoms with van der Waals surface area (Å²) in [4.78, 5) is 5.52. The van der Waals surface area contributed by atoms with Crippen LogP contribution in [-0.2, 0) is 4.84 Å². The molecular weight excluding hydrogens is 126 g/mol. The van der Waals surface area contributed by atoms with Crippen molar-refractivity contribution < 1.29 is 4.84 Å². The maximum absolute atomic E-state index is 5.52. The van der Waals surface area contributed by atoms with Gasteiger partial charge in [-0.1, -0.05) is 6.42 Å². The van der Waals surface area contributed by atoms with Gasteiger partial charge in [0.1, 0.15) is 0 Å². The molecule has 0 aromatic heterocycles. The van der Waals surface area contributed by atoms with E-state index in [0.29, 0.717) is 6.10 Å². The molecule has 0 aromatic rings. The van der Waals surface area contributed by atoms with Crippen LogP contribution in [0.15, 0.2) is 0 Å². The van der Waals surface area contributed by atoms with E-state index in [9.17, 15) is 0 Å². The maximum Gasteiger partial charge on any atom is 0.0737 e. The van der Waals surface area contributed by atoms with Crippen molar-refractivity contribution in [3.63, 3.8) is 0 Å². The van der Waals surface area contributed by atoms with Crippen LogP contribution in [0.25, 0.3) is 0 Å². The molecule has 60 valence electrons. The fourth-order valence-electron chi connectivity index (χ4n) is 1.27. The molecular formula is C8H17NO. The average Bonchev–Trinajstić information content (AvgIpc) is 1.88. The highest BCUT2D eigenvalue weighted by Gasteiger charge is 2.10. The molecule has 0 saturated carbocycles. The quantitative estimate of drug-likeness (QED) is 0.584. The van der Waals surface area contributed by atoms with E-state index < -0.39 is 0 Å². The first-order valence-corrected chi connectivity index (χ1v) is 4.21. The van der Waals surface area contributed by atoms with E-state index in [1.165, 1.54) is 19.3 Å². The average molecular weight is 143 g/mol. The molecule has 0 spiro atoms. The Balaban J connectivity index is 2.13. The summed E-state index contributed by atoms with van der Waals surface area (Å²) in [7, 11) is 0. The Morgan fingerprint density at radius 1 is 1.10 bits per heavy atom. The van der Waals surface area contributed by atoms with E-state index in [4.69, 9.17) is 4.84 Å². The molecule has 0 unspecified atom stereocenters. The molecule has 0 amide bonds. The Morgan fingerprint density at radius 2 is 1.70 bits per heavy atom. The minimum atomic E-state index is 0.345. The minimum absolute atomic E-state index is 0.345. The largest absolute Gasteiger partial charge is 0.296 e. The molecule has 2 nitrogen and oxygen atoms in total. The van der Waals surface area contributed by atoms with Gasteiger partial charge < -0.3 is 0 Å². The van der Waals surface area contributed by atoms with Gasteiger partial charge in [0.05, 0.1) is 6.10 Å². The van der Waals surface area contributed by atoms with E-state index >= 15 is 0 Å². The van der Waals surface area contributed by atoms with E-state index in [2.05, 4.69) is 18.9 Å². The highest BCUT2D eigenvalue weighted by atomic mass is 16.7. The lowest BCUT2D eigenvalue weighted by Crippen LogP contribution is -2.32. The molecule has 0 bridgehead atoms. The highest BCUT2D eigenvalue weighted by Crippen LogP contribution is 2.09. The van der Waals surface area contributed by atoms with Crippen LogP contribution < -0.4 is 0 Å². The van der Waals surface area contributed by atoms with Crippen molar-refractivity contribution in [1.29, 1.82) is 0 Å². The first-order valence-electron chi connectivity index (χ1n) is 4.21. The van der Waals surface area contributed by atoms with Crippen molar-refractivity contribution in [2.75, 3.05) is 13.1 Å². The van der Waals surface area contributed by atoms with Gasteiger partial charge >= 0.3 is 0 Å². The summed E-state index contributed by atoms with van der Waals surface area (Å²) < 4.78 is 0. The SMILES string of the molecule is CC(C)ON1CCCCC1. The normalized spacial score (nSPS) is 21.9. The molecule has 0 radical (unpaired) electrons. The van der Waals surface area contributed by atoms with Gasteiger partial charge in [-0.3, -0.25) is 4.84 Å². The minimum Gasteiger partial charge on any atom is -0.296 e. The molecule has 10 heavy (non-hydrogen) atoms. The molecule has 1 rings (SSSR count). The van der Waals surface area contributed by atoms with E-state index in [1.54, 1.807) is 0 Å². The molecule has 2 heteroatoms. The summed E-state index contributed by atoms with van der Waals surface area (Å²) in [6, 6.07) is 0. The summed E-state index contributed by atoms with van der Waals surface area (Å²) >= 11 is 0. The van der Waals surface area contributed by atoms with Gasteiger partial charge in [0.2, 0.25) is 0 Å². The Labute approximate surface area is 63.1 Å². The third-order valence-electron chi connectivity index (χ3n) is 1.67. The van der Waals surface area contributed by atoms with Crippen LogP contribution in [0.1, 0.15) is 33.1 Å². The van der Waals surface area contributed by atoms with Crippen LogP contribution in [0.2, 0.25) is 0 Å². The summed E-state index contributed by atoms with van der Waals surface area (Å²) in [5.74, 6) is 0. The smallest absolute Gasteiger partial charge is 0.0737 e. The fourth-order valence-corrected chi connectivity index (χ4v) is 1.27. The first-order chi connectivity index (χ1) is 4.79. The Morgan fingerprint density at radius 3 is 2.20 bits per heavy atom. The lowest BCUT2D eigenvalue weighted by atomic mass is 10.2. The second kappa shape index (κ2) is 3.94. The van der Waals surface area contributed by atoms with Crippen molar-refractivity contribution in [2.45, 2.75) is 39.2 Å². The van der Waals surface area contributed by atoms with Gasteiger partial charge in [-0.25, -0.2) is 0 Å². The summed E-state index contributed by atoms with van der Waals surface area (Å²) in [6.45, 7) is 6.40. The summed E-state index contributed by atoms with van der Waals surface area (Å²) in [5, 5.41) is 2.09. The second-order valence-corrected chi connectivity index (χ2v) is 3.14. The predicted molar refractivity (Wildman–Crippen MR) is 41.6 cm³/mol. The van der Waals surface area contributed by atoms with Crippen molar-refractivity contribution in [1.82, 2.24) is 5.06 Å². The van der Waals surface area contributed by atoms with Crippen LogP contribution in [0.3, 0.4) is 0 Å². The highest BCUT2D eigenvalue weighted by molar-refractivity contribution is 4.56. The molecule has 0 atom stereocenters. The number of piperidine rings is 1. The van der Waals surface area contributed by atoms with Crippen LogP contribution >= 0.6 is 0 Å². The van der Waals surface area contributed by atoms with Gasteiger partial charge in [0, 0.05) is 13.1 Å². The zero-order valence-corrected chi connectivity index (χ0v) is 6.97. The zero-order chi connectivity index (χ0) is 7.40. The molecule has 1 aliphatic rings. The lowest BCUT2D eigenvalue weighted by Gasteiger charge is -2.27. The van der Waals surface area contributed by atoms with E-state index in [1.807, 2.05) is 0 Å².